The Hall–Kier alpha value is -1.41. The molecule has 0 atom stereocenters. The number of carbonyl (C=O) groups excluding carboxylic acids is 1. The summed E-state index contributed by atoms with van der Waals surface area (Å²) in [5, 5.41) is 8.79. The Kier molecular flexibility index (Phi) is 6.26. The van der Waals surface area contributed by atoms with Gasteiger partial charge in [-0.05, 0) is 31.3 Å². The number of hydrogen-bond acceptors (Lipinski definition) is 2. The molecular formula is C15H20O2. The smallest absolute Gasteiger partial charge is 0.185 e. The van der Waals surface area contributed by atoms with Crippen molar-refractivity contribution in [1.29, 1.82) is 0 Å². The van der Waals surface area contributed by atoms with E-state index < -0.39 is 0 Å². The zero-order valence-electron chi connectivity index (χ0n) is 10.4. The summed E-state index contributed by atoms with van der Waals surface area (Å²) >= 11 is 0. The largest absolute Gasteiger partial charge is 0.396 e. The molecule has 1 aliphatic carbocycles. The molecule has 0 spiro atoms. The lowest BCUT2D eigenvalue weighted by molar-refractivity contribution is -0.112. The maximum atomic E-state index is 11.8. The van der Waals surface area contributed by atoms with Crippen molar-refractivity contribution in [2.45, 2.75) is 32.6 Å². The molecule has 0 radical (unpaired) electrons. The molecule has 17 heavy (non-hydrogen) atoms. The molecule has 0 aromatic heterocycles. The number of rotatable bonds is 6. The Morgan fingerprint density at radius 3 is 2.88 bits per heavy atom. The van der Waals surface area contributed by atoms with Crippen LogP contribution in [0.2, 0.25) is 0 Å². The molecule has 2 heteroatoms. The molecular weight excluding hydrogens is 212 g/mol. The number of ketones is 1. The van der Waals surface area contributed by atoms with Crippen LogP contribution in [0.3, 0.4) is 0 Å². The Labute approximate surface area is 103 Å². The molecule has 0 saturated heterocycles. The van der Waals surface area contributed by atoms with E-state index in [9.17, 15) is 4.79 Å². The molecule has 1 rings (SSSR count). The third-order valence-electron chi connectivity index (χ3n) is 2.64. The van der Waals surface area contributed by atoms with Gasteiger partial charge in [0, 0.05) is 12.2 Å². The molecule has 0 aromatic carbocycles. The van der Waals surface area contributed by atoms with E-state index in [0.717, 1.165) is 24.0 Å². The van der Waals surface area contributed by atoms with E-state index in [1.54, 1.807) is 0 Å². The minimum absolute atomic E-state index is 0.0442. The summed E-state index contributed by atoms with van der Waals surface area (Å²) in [6.07, 6.45) is 15.1. The lowest BCUT2D eigenvalue weighted by atomic mass is 10.1. The molecule has 0 fully saturated rings. The van der Waals surface area contributed by atoms with Gasteiger partial charge in [0.1, 0.15) is 0 Å². The number of carbonyl (C=O) groups is 1. The van der Waals surface area contributed by atoms with E-state index in [1.165, 1.54) is 0 Å². The highest BCUT2D eigenvalue weighted by Gasteiger charge is 2.19. The number of hydrogen-bond donors (Lipinski definition) is 1. The summed E-state index contributed by atoms with van der Waals surface area (Å²) in [7, 11) is 0. The van der Waals surface area contributed by atoms with Gasteiger partial charge in [-0.25, -0.2) is 0 Å². The highest BCUT2D eigenvalue weighted by molar-refractivity contribution is 6.11. The Balaban J connectivity index is 2.43. The van der Waals surface area contributed by atoms with Crippen LogP contribution in [0, 0.1) is 0 Å². The average molecular weight is 232 g/mol. The Morgan fingerprint density at radius 1 is 1.35 bits per heavy atom. The monoisotopic (exact) mass is 232 g/mol. The summed E-state index contributed by atoms with van der Waals surface area (Å²) in [5.41, 5.74) is 1.57. The highest BCUT2D eigenvalue weighted by Crippen LogP contribution is 2.22. The molecule has 0 amide bonds. The summed E-state index contributed by atoms with van der Waals surface area (Å²) in [6, 6.07) is 0. The van der Waals surface area contributed by atoms with Crippen LogP contribution in [0.15, 0.2) is 47.6 Å². The average Bonchev–Trinajstić information content (AvgIpc) is 2.67. The topological polar surface area (TPSA) is 37.3 Å². The number of aliphatic hydroxyl groups excluding tert-OH is 1. The lowest BCUT2D eigenvalue weighted by Crippen LogP contribution is -2.00. The van der Waals surface area contributed by atoms with Gasteiger partial charge in [-0.3, -0.25) is 4.79 Å². The predicted octanol–water partition coefficient (Wildman–Crippen LogP) is 3.11. The Bertz CT molecular complexity index is 370. The molecule has 1 aliphatic rings. The first kappa shape index (κ1) is 13.7. The first-order valence-corrected chi connectivity index (χ1v) is 6.14. The van der Waals surface area contributed by atoms with Gasteiger partial charge in [-0.1, -0.05) is 43.4 Å². The highest BCUT2D eigenvalue weighted by atomic mass is 16.3. The molecule has 0 heterocycles. The van der Waals surface area contributed by atoms with Crippen LogP contribution in [0.5, 0.6) is 0 Å². The predicted molar refractivity (Wildman–Crippen MR) is 70.7 cm³/mol. The molecule has 0 aromatic rings. The molecule has 0 aliphatic heterocycles. The first-order chi connectivity index (χ1) is 8.29. The molecule has 92 valence electrons. The van der Waals surface area contributed by atoms with Gasteiger partial charge in [0.2, 0.25) is 0 Å². The molecule has 1 N–H and O–H groups in total. The fourth-order valence-electron chi connectivity index (χ4n) is 1.71. The van der Waals surface area contributed by atoms with Gasteiger partial charge in [-0.2, -0.15) is 0 Å². The van der Waals surface area contributed by atoms with Crippen LogP contribution >= 0.6 is 0 Å². The fraction of sp³-hybridized carbons (Fsp3) is 0.400. The number of aliphatic hydroxyl groups is 1. The van der Waals surface area contributed by atoms with Gasteiger partial charge in [0.15, 0.2) is 5.78 Å². The van der Waals surface area contributed by atoms with E-state index in [2.05, 4.69) is 19.1 Å². The van der Waals surface area contributed by atoms with Crippen LogP contribution in [0.4, 0.5) is 0 Å². The Morgan fingerprint density at radius 2 is 2.18 bits per heavy atom. The maximum Gasteiger partial charge on any atom is 0.185 e. The van der Waals surface area contributed by atoms with Gasteiger partial charge in [0.25, 0.3) is 0 Å². The fourth-order valence-corrected chi connectivity index (χ4v) is 1.71. The van der Waals surface area contributed by atoms with Gasteiger partial charge < -0.3 is 5.11 Å². The number of allylic oxidation sites excluding steroid dienone is 7. The minimum Gasteiger partial charge on any atom is -0.396 e. The third kappa shape index (κ3) is 4.53. The van der Waals surface area contributed by atoms with Crippen molar-refractivity contribution in [3.8, 4) is 0 Å². The first-order valence-electron chi connectivity index (χ1n) is 6.14. The SMILES string of the molecule is CCC=CCC=CC=C1CC=C(CCO)C1=O. The van der Waals surface area contributed by atoms with Crippen molar-refractivity contribution in [2.75, 3.05) is 6.61 Å². The summed E-state index contributed by atoms with van der Waals surface area (Å²) < 4.78 is 0. The van der Waals surface area contributed by atoms with E-state index in [1.807, 2.05) is 24.3 Å². The lowest BCUT2D eigenvalue weighted by Gasteiger charge is -1.96. The third-order valence-corrected chi connectivity index (χ3v) is 2.64. The summed E-state index contributed by atoms with van der Waals surface area (Å²) in [4.78, 5) is 11.8. The minimum atomic E-state index is 0.0442. The van der Waals surface area contributed by atoms with Crippen molar-refractivity contribution in [3.63, 3.8) is 0 Å². The second kappa shape index (κ2) is 7.80. The van der Waals surface area contributed by atoms with Crippen LogP contribution in [-0.4, -0.2) is 17.5 Å². The zero-order valence-corrected chi connectivity index (χ0v) is 10.4. The van der Waals surface area contributed by atoms with Gasteiger partial charge in [-0.15, -0.1) is 0 Å². The second-order valence-corrected chi connectivity index (χ2v) is 3.97. The summed E-state index contributed by atoms with van der Waals surface area (Å²) in [6.45, 7) is 2.15. The van der Waals surface area contributed by atoms with Crippen LogP contribution in [-0.2, 0) is 4.79 Å². The molecule has 2 nitrogen and oxygen atoms in total. The quantitative estimate of drug-likeness (QED) is 0.564. The van der Waals surface area contributed by atoms with Crippen molar-refractivity contribution >= 4 is 5.78 Å². The summed E-state index contributed by atoms with van der Waals surface area (Å²) in [5.74, 6) is 0.0906. The van der Waals surface area contributed by atoms with Crippen LogP contribution in [0.25, 0.3) is 0 Å². The van der Waals surface area contributed by atoms with Crippen molar-refractivity contribution in [1.82, 2.24) is 0 Å². The van der Waals surface area contributed by atoms with E-state index in [-0.39, 0.29) is 12.4 Å². The second-order valence-electron chi connectivity index (χ2n) is 3.97. The van der Waals surface area contributed by atoms with Crippen LogP contribution in [0.1, 0.15) is 32.6 Å². The van der Waals surface area contributed by atoms with Crippen molar-refractivity contribution in [2.24, 2.45) is 0 Å². The zero-order chi connectivity index (χ0) is 12.5. The van der Waals surface area contributed by atoms with E-state index >= 15 is 0 Å². The van der Waals surface area contributed by atoms with Gasteiger partial charge in [0.05, 0.1) is 0 Å². The van der Waals surface area contributed by atoms with E-state index in [4.69, 9.17) is 5.11 Å². The van der Waals surface area contributed by atoms with Gasteiger partial charge >= 0.3 is 0 Å². The maximum absolute atomic E-state index is 11.8. The van der Waals surface area contributed by atoms with Crippen molar-refractivity contribution in [3.05, 3.63) is 47.6 Å². The molecule has 0 saturated carbocycles. The van der Waals surface area contributed by atoms with Crippen LogP contribution < -0.4 is 0 Å². The number of Topliss-reactive ketones (excluding diaryl/α,β-unsaturated/α-hetero) is 1. The van der Waals surface area contributed by atoms with Crippen molar-refractivity contribution < 1.29 is 9.90 Å². The standard InChI is InChI=1S/C15H20O2/c1-2-3-4-5-6-7-8-13-9-10-14(11-12-16)15(13)17/h3-4,6-8,10,16H,2,5,9,11-12H2,1H3. The molecule has 0 bridgehead atoms. The normalized spacial score (nSPS) is 18.8. The molecule has 0 unspecified atom stereocenters. The van der Waals surface area contributed by atoms with E-state index in [0.29, 0.717) is 12.8 Å².